The van der Waals surface area contributed by atoms with Gasteiger partial charge < -0.3 is 5.73 Å². The van der Waals surface area contributed by atoms with E-state index in [4.69, 9.17) is 17.3 Å². The number of nitrogen functional groups attached to an aromatic ring is 1. The lowest BCUT2D eigenvalue weighted by Crippen LogP contribution is -1.93. The number of hydrogen-bond acceptors (Lipinski definition) is 1. The van der Waals surface area contributed by atoms with Crippen LogP contribution in [0.5, 0.6) is 0 Å². The summed E-state index contributed by atoms with van der Waals surface area (Å²) in [5.41, 5.74) is 6.28. The molecule has 0 aliphatic carbocycles. The predicted molar refractivity (Wildman–Crippen MR) is 50.6 cm³/mol. The van der Waals surface area contributed by atoms with Crippen LogP contribution in [0.25, 0.3) is 6.08 Å². The molecule has 3 heteroatoms. The van der Waals surface area contributed by atoms with Crippen LogP contribution in [0.1, 0.15) is 5.56 Å². The number of alkyl halides is 1. The third kappa shape index (κ3) is 1.98. The van der Waals surface area contributed by atoms with Crippen molar-refractivity contribution in [2.75, 3.05) is 11.6 Å². The SMILES string of the molecule is Nc1c(F)cccc1C=CCCl. The van der Waals surface area contributed by atoms with E-state index in [0.29, 0.717) is 11.4 Å². The topological polar surface area (TPSA) is 26.0 Å². The number of nitrogens with two attached hydrogens (primary N) is 1. The second kappa shape index (κ2) is 4.12. The van der Waals surface area contributed by atoms with E-state index in [-0.39, 0.29) is 5.69 Å². The minimum Gasteiger partial charge on any atom is -0.396 e. The Morgan fingerprint density at radius 3 is 2.92 bits per heavy atom. The second-order valence-electron chi connectivity index (χ2n) is 2.30. The van der Waals surface area contributed by atoms with E-state index in [1.54, 1.807) is 24.3 Å². The summed E-state index contributed by atoms with van der Waals surface area (Å²) in [6.45, 7) is 0. The lowest BCUT2D eigenvalue weighted by Gasteiger charge is -1.99. The number of hydrogen-bond donors (Lipinski definition) is 1. The van der Waals surface area contributed by atoms with Crippen LogP contribution in [-0.4, -0.2) is 5.88 Å². The molecule has 0 bridgehead atoms. The molecule has 1 rings (SSSR count). The van der Waals surface area contributed by atoms with Crippen molar-refractivity contribution >= 4 is 23.4 Å². The molecule has 12 heavy (non-hydrogen) atoms. The molecule has 0 aliphatic heterocycles. The Labute approximate surface area is 75.6 Å². The number of benzene rings is 1. The zero-order chi connectivity index (χ0) is 8.97. The lowest BCUT2D eigenvalue weighted by atomic mass is 10.1. The molecule has 0 aromatic heterocycles. The second-order valence-corrected chi connectivity index (χ2v) is 2.61. The van der Waals surface area contributed by atoms with Gasteiger partial charge >= 0.3 is 0 Å². The van der Waals surface area contributed by atoms with E-state index in [1.165, 1.54) is 6.07 Å². The maximum atomic E-state index is 12.8. The van der Waals surface area contributed by atoms with Gasteiger partial charge in [0.2, 0.25) is 0 Å². The molecule has 0 spiro atoms. The van der Waals surface area contributed by atoms with Crippen molar-refractivity contribution in [1.29, 1.82) is 0 Å². The summed E-state index contributed by atoms with van der Waals surface area (Å²) in [6.07, 6.45) is 3.41. The lowest BCUT2D eigenvalue weighted by molar-refractivity contribution is 0.632. The van der Waals surface area contributed by atoms with Crippen LogP contribution in [0.4, 0.5) is 10.1 Å². The van der Waals surface area contributed by atoms with Gasteiger partial charge in [-0.05, 0) is 6.07 Å². The van der Waals surface area contributed by atoms with Crippen LogP contribution >= 0.6 is 11.6 Å². The van der Waals surface area contributed by atoms with Crippen molar-refractivity contribution in [3.05, 3.63) is 35.7 Å². The largest absolute Gasteiger partial charge is 0.396 e. The summed E-state index contributed by atoms with van der Waals surface area (Å²) in [4.78, 5) is 0. The van der Waals surface area contributed by atoms with Crippen LogP contribution in [0.3, 0.4) is 0 Å². The van der Waals surface area contributed by atoms with Gasteiger partial charge in [0.25, 0.3) is 0 Å². The van der Waals surface area contributed by atoms with Crippen molar-refractivity contribution in [3.63, 3.8) is 0 Å². The van der Waals surface area contributed by atoms with E-state index < -0.39 is 5.82 Å². The predicted octanol–water partition coefficient (Wildman–Crippen LogP) is 2.66. The van der Waals surface area contributed by atoms with E-state index in [1.807, 2.05) is 0 Å². The summed E-state index contributed by atoms with van der Waals surface area (Å²) < 4.78 is 12.8. The molecule has 1 aromatic rings. The highest BCUT2D eigenvalue weighted by Gasteiger charge is 1.99. The third-order valence-electron chi connectivity index (χ3n) is 1.47. The summed E-state index contributed by atoms with van der Waals surface area (Å²) in [6, 6.07) is 4.68. The van der Waals surface area contributed by atoms with Crippen LogP contribution in [0.15, 0.2) is 24.3 Å². The molecular weight excluding hydrogens is 177 g/mol. The molecule has 0 fully saturated rings. The number of allylic oxidation sites excluding steroid dienone is 1. The molecule has 0 unspecified atom stereocenters. The van der Waals surface area contributed by atoms with Crippen molar-refractivity contribution < 1.29 is 4.39 Å². The zero-order valence-corrected chi connectivity index (χ0v) is 7.18. The first kappa shape index (κ1) is 9.07. The molecule has 0 amide bonds. The molecule has 0 saturated carbocycles. The summed E-state index contributed by atoms with van der Waals surface area (Å²) in [7, 11) is 0. The standard InChI is InChI=1S/C9H9ClFN/c10-6-2-4-7-3-1-5-8(11)9(7)12/h1-5H,6,12H2. The van der Waals surface area contributed by atoms with Crippen LogP contribution in [0.2, 0.25) is 0 Å². The first-order valence-corrected chi connectivity index (χ1v) is 4.05. The molecule has 1 aromatic carbocycles. The Morgan fingerprint density at radius 2 is 2.25 bits per heavy atom. The minimum atomic E-state index is -0.397. The van der Waals surface area contributed by atoms with E-state index >= 15 is 0 Å². The maximum absolute atomic E-state index is 12.8. The van der Waals surface area contributed by atoms with Gasteiger partial charge in [0, 0.05) is 11.4 Å². The molecule has 1 nitrogen and oxygen atoms in total. The first-order valence-electron chi connectivity index (χ1n) is 3.52. The molecule has 64 valence electrons. The van der Waals surface area contributed by atoms with Crippen molar-refractivity contribution in [3.8, 4) is 0 Å². The van der Waals surface area contributed by atoms with Crippen LogP contribution in [-0.2, 0) is 0 Å². The normalized spacial score (nSPS) is 10.8. The highest BCUT2D eigenvalue weighted by atomic mass is 35.5. The maximum Gasteiger partial charge on any atom is 0.146 e. The Bertz CT molecular complexity index is 297. The minimum absolute atomic E-state index is 0.166. The van der Waals surface area contributed by atoms with E-state index in [0.717, 1.165) is 0 Å². The third-order valence-corrected chi connectivity index (χ3v) is 1.65. The first-order chi connectivity index (χ1) is 5.75. The molecule has 0 radical (unpaired) electrons. The highest BCUT2D eigenvalue weighted by Crippen LogP contribution is 2.16. The molecule has 0 heterocycles. The van der Waals surface area contributed by atoms with E-state index in [9.17, 15) is 4.39 Å². The Hall–Kier alpha value is -1.02. The van der Waals surface area contributed by atoms with Crippen LogP contribution < -0.4 is 5.73 Å². The number of anilines is 1. The quantitative estimate of drug-likeness (QED) is 0.557. The summed E-state index contributed by atoms with van der Waals surface area (Å²) in [5, 5.41) is 0. The Kier molecular flexibility index (Phi) is 3.11. The fraction of sp³-hybridized carbons (Fsp3) is 0.111. The zero-order valence-electron chi connectivity index (χ0n) is 6.43. The molecular formula is C9H9ClFN. The van der Waals surface area contributed by atoms with Gasteiger partial charge in [0.15, 0.2) is 0 Å². The fourth-order valence-corrected chi connectivity index (χ4v) is 0.960. The number of rotatable bonds is 2. The molecule has 0 aliphatic rings. The fourth-order valence-electron chi connectivity index (χ4n) is 0.871. The molecule has 0 atom stereocenters. The Morgan fingerprint density at radius 1 is 1.50 bits per heavy atom. The highest BCUT2D eigenvalue weighted by molar-refractivity contribution is 6.19. The number of para-hydroxylation sites is 1. The van der Waals surface area contributed by atoms with Gasteiger partial charge in [0.05, 0.1) is 5.69 Å². The summed E-state index contributed by atoms with van der Waals surface area (Å²) >= 11 is 5.42. The smallest absolute Gasteiger partial charge is 0.146 e. The van der Waals surface area contributed by atoms with Gasteiger partial charge in [-0.3, -0.25) is 0 Å². The van der Waals surface area contributed by atoms with Gasteiger partial charge in [0.1, 0.15) is 5.82 Å². The monoisotopic (exact) mass is 185 g/mol. The van der Waals surface area contributed by atoms with Gasteiger partial charge in [-0.25, -0.2) is 4.39 Å². The van der Waals surface area contributed by atoms with Gasteiger partial charge in [-0.1, -0.05) is 24.3 Å². The van der Waals surface area contributed by atoms with Crippen molar-refractivity contribution in [2.24, 2.45) is 0 Å². The molecule has 2 N–H and O–H groups in total. The van der Waals surface area contributed by atoms with Crippen LogP contribution in [0, 0.1) is 5.82 Å². The van der Waals surface area contributed by atoms with E-state index in [2.05, 4.69) is 0 Å². The average molecular weight is 186 g/mol. The molecule has 0 saturated heterocycles. The van der Waals surface area contributed by atoms with Gasteiger partial charge in [-0.2, -0.15) is 0 Å². The average Bonchev–Trinajstić information content (AvgIpc) is 2.08. The number of halogens is 2. The van der Waals surface area contributed by atoms with Crippen molar-refractivity contribution in [1.82, 2.24) is 0 Å². The Balaban J connectivity index is 3.00. The van der Waals surface area contributed by atoms with Gasteiger partial charge in [-0.15, -0.1) is 11.6 Å². The van der Waals surface area contributed by atoms with Crippen molar-refractivity contribution in [2.45, 2.75) is 0 Å². The summed E-state index contributed by atoms with van der Waals surface area (Å²) in [5.74, 6) is 0.00221.